The quantitative estimate of drug-likeness (QED) is 0.706. The zero-order valence-electron chi connectivity index (χ0n) is 12.7. The van der Waals surface area contributed by atoms with E-state index in [-0.39, 0.29) is 5.75 Å². The summed E-state index contributed by atoms with van der Waals surface area (Å²) in [6.45, 7) is 4.19. The van der Waals surface area contributed by atoms with Crippen molar-refractivity contribution in [3.63, 3.8) is 0 Å². The number of phenols is 1. The Labute approximate surface area is 130 Å². The summed E-state index contributed by atoms with van der Waals surface area (Å²) in [6.07, 6.45) is 1.87. The van der Waals surface area contributed by atoms with E-state index in [1.807, 2.05) is 24.4 Å². The molecular weight excluding hydrogens is 272 g/mol. The van der Waals surface area contributed by atoms with E-state index in [2.05, 4.69) is 41.6 Å². The number of aliphatic imine (C=N–C) groups is 1. The van der Waals surface area contributed by atoms with Gasteiger partial charge in [0.1, 0.15) is 5.75 Å². The summed E-state index contributed by atoms with van der Waals surface area (Å²) in [4.78, 5) is 4.48. The first-order valence-electron chi connectivity index (χ1n) is 7.22. The maximum Gasteiger partial charge on any atom is 0.115 e. The molecule has 110 valence electrons. The predicted octanol–water partition coefficient (Wildman–Crippen LogP) is 4.55. The van der Waals surface area contributed by atoms with Crippen LogP contribution in [0.15, 0.2) is 65.7 Å². The largest absolute Gasteiger partial charge is 0.508 e. The molecule has 0 aliphatic rings. The topological polar surface area (TPSA) is 37.5 Å². The molecule has 0 bridgehead atoms. The number of aryl methyl sites for hydroxylation is 1. The van der Waals surface area contributed by atoms with Gasteiger partial charge in [0.2, 0.25) is 0 Å². The Balaban J connectivity index is 1.94. The van der Waals surface area contributed by atoms with Gasteiger partial charge < -0.3 is 9.67 Å². The summed E-state index contributed by atoms with van der Waals surface area (Å²) >= 11 is 0. The highest BCUT2D eigenvalue weighted by Crippen LogP contribution is 2.21. The van der Waals surface area contributed by atoms with Crippen molar-refractivity contribution in [3.8, 4) is 11.4 Å². The van der Waals surface area contributed by atoms with E-state index in [4.69, 9.17) is 0 Å². The van der Waals surface area contributed by atoms with Gasteiger partial charge in [-0.25, -0.2) is 0 Å². The van der Waals surface area contributed by atoms with Crippen LogP contribution in [-0.2, 0) is 0 Å². The SMILES string of the molecule is Cc1cc(C=Nc2ccc(O)cc2)c(C)n1-c1ccccc1. The lowest BCUT2D eigenvalue weighted by Gasteiger charge is -2.08. The van der Waals surface area contributed by atoms with Gasteiger partial charge in [-0.05, 0) is 56.3 Å². The van der Waals surface area contributed by atoms with Crippen LogP contribution in [0.2, 0.25) is 0 Å². The fraction of sp³-hybridized carbons (Fsp3) is 0.105. The summed E-state index contributed by atoms with van der Waals surface area (Å²) in [5.41, 5.74) is 5.40. The predicted molar refractivity (Wildman–Crippen MR) is 90.6 cm³/mol. The Kier molecular flexibility index (Phi) is 3.79. The summed E-state index contributed by atoms with van der Waals surface area (Å²) in [6, 6.07) is 19.3. The molecule has 0 spiro atoms. The summed E-state index contributed by atoms with van der Waals surface area (Å²) in [7, 11) is 0. The van der Waals surface area contributed by atoms with Crippen LogP contribution in [0.3, 0.4) is 0 Å². The minimum absolute atomic E-state index is 0.251. The molecule has 0 fully saturated rings. The molecule has 0 saturated carbocycles. The van der Waals surface area contributed by atoms with Crippen LogP contribution >= 0.6 is 0 Å². The second kappa shape index (κ2) is 5.90. The van der Waals surface area contributed by atoms with Crippen LogP contribution in [0.5, 0.6) is 5.75 Å². The number of aromatic nitrogens is 1. The molecule has 22 heavy (non-hydrogen) atoms. The average Bonchev–Trinajstić information content (AvgIpc) is 2.82. The Morgan fingerprint density at radius 3 is 2.32 bits per heavy atom. The average molecular weight is 290 g/mol. The van der Waals surface area contributed by atoms with Crippen molar-refractivity contribution >= 4 is 11.9 Å². The summed E-state index contributed by atoms with van der Waals surface area (Å²) in [5, 5.41) is 9.30. The standard InChI is InChI=1S/C19H18N2O/c1-14-12-16(13-20-17-8-10-19(22)11-9-17)15(2)21(14)18-6-4-3-5-7-18/h3-13,22H,1-2H3. The molecule has 0 aliphatic carbocycles. The number of phenolic OH excluding ortho intramolecular Hbond substituents is 1. The fourth-order valence-electron chi connectivity index (χ4n) is 2.58. The van der Waals surface area contributed by atoms with Gasteiger partial charge in [-0.15, -0.1) is 0 Å². The molecule has 1 N–H and O–H groups in total. The van der Waals surface area contributed by atoms with Crippen LogP contribution in [0.4, 0.5) is 5.69 Å². The number of nitrogens with zero attached hydrogens (tertiary/aromatic N) is 2. The van der Waals surface area contributed by atoms with E-state index < -0.39 is 0 Å². The number of para-hydroxylation sites is 1. The van der Waals surface area contributed by atoms with Gasteiger partial charge in [-0.1, -0.05) is 18.2 Å². The Morgan fingerprint density at radius 2 is 1.64 bits per heavy atom. The van der Waals surface area contributed by atoms with Crippen LogP contribution < -0.4 is 0 Å². The summed E-state index contributed by atoms with van der Waals surface area (Å²) < 4.78 is 2.22. The van der Waals surface area contributed by atoms with Crippen LogP contribution in [0.25, 0.3) is 5.69 Å². The normalized spacial score (nSPS) is 11.2. The highest BCUT2D eigenvalue weighted by molar-refractivity contribution is 5.84. The molecule has 1 heterocycles. The fourth-order valence-corrected chi connectivity index (χ4v) is 2.58. The second-order valence-electron chi connectivity index (χ2n) is 5.27. The number of hydrogen-bond donors (Lipinski definition) is 1. The van der Waals surface area contributed by atoms with E-state index in [9.17, 15) is 5.11 Å². The van der Waals surface area contributed by atoms with E-state index in [0.717, 1.165) is 22.6 Å². The molecule has 0 aliphatic heterocycles. The van der Waals surface area contributed by atoms with E-state index >= 15 is 0 Å². The highest BCUT2D eigenvalue weighted by Gasteiger charge is 2.08. The van der Waals surface area contributed by atoms with Gasteiger partial charge in [-0.3, -0.25) is 4.99 Å². The third-order valence-electron chi connectivity index (χ3n) is 3.69. The number of benzene rings is 2. The molecule has 3 rings (SSSR count). The molecule has 0 radical (unpaired) electrons. The number of rotatable bonds is 3. The van der Waals surface area contributed by atoms with Crippen LogP contribution in [0, 0.1) is 13.8 Å². The van der Waals surface area contributed by atoms with Crippen LogP contribution in [-0.4, -0.2) is 15.9 Å². The smallest absolute Gasteiger partial charge is 0.115 e. The molecule has 3 nitrogen and oxygen atoms in total. The van der Waals surface area contributed by atoms with Gasteiger partial charge in [-0.2, -0.15) is 0 Å². The van der Waals surface area contributed by atoms with Crippen molar-refractivity contribution in [1.82, 2.24) is 4.57 Å². The minimum atomic E-state index is 0.251. The molecule has 0 saturated heterocycles. The van der Waals surface area contributed by atoms with Gasteiger partial charge in [0, 0.05) is 28.9 Å². The third kappa shape index (κ3) is 2.79. The van der Waals surface area contributed by atoms with Crippen molar-refractivity contribution in [3.05, 3.63) is 77.6 Å². The molecule has 3 heteroatoms. The van der Waals surface area contributed by atoms with E-state index in [1.54, 1.807) is 24.3 Å². The molecule has 2 aromatic carbocycles. The molecule has 1 aromatic heterocycles. The molecule has 0 atom stereocenters. The lowest BCUT2D eigenvalue weighted by Crippen LogP contribution is -1.98. The van der Waals surface area contributed by atoms with Gasteiger partial charge in [0.05, 0.1) is 5.69 Å². The van der Waals surface area contributed by atoms with Crippen molar-refractivity contribution in [2.45, 2.75) is 13.8 Å². The van der Waals surface area contributed by atoms with Crippen molar-refractivity contribution in [2.24, 2.45) is 4.99 Å². The first kappa shape index (κ1) is 14.1. The highest BCUT2D eigenvalue weighted by atomic mass is 16.3. The van der Waals surface area contributed by atoms with Crippen molar-refractivity contribution < 1.29 is 5.11 Å². The number of aromatic hydroxyl groups is 1. The third-order valence-corrected chi connectivity index (χ3v) is 3.69. The Hall–Kier alpha value is -2.81. The van der Waals surface area contributed by atoms with E-state index in [1.165, 1.54) is 5.69 Å². The van der Waals surface area contributed by atoms with Crippen molar-refractivity contribution in [1.29, 1.82) is 0 Å². The van der Waals surface area contributed by atoms with Gasteiger partial charge >= 0.3 is 0 Å². The van der Waals surface area contributed by atoms with Gasteiger partial charge in [0.25, 0.3) is 0 Å². The minimum Gasteiger partial charge on any atom is -0.508 e. The zero-order valence-corrected chi connectivity index (χ0v) is 12.7. The van der Waals surface area contributed by atoms with Gasteiger partial charge in [0.15, 0.2) is 0 Å². The molecule has 3 aromatic rings. The van der Waals surface area contributed by atoms with Crippen LogP contribution in [0.1, 0.15) is 17.0 Å². The monoisotopic (exact) mass is 290 g/mol. The maximum atomic E-state index is 9.30. The number of hydrogen-bond acceptors (Lipinski definition) is 2. The second-order valence-corrected chi connectivity index (χ2v) is 5.27. The molecule has 0 unspecified atom stereocenters. The Bertz CT molecular complexity index is 799. The first-order chi connectivity index (χ1) is 10.6. The summed E-state index contributed by atoms with van der Waals surface area (Å²) in [5.74, 6) is 0.251. The maximum absolute atomic E-state index is 9.30. The lowest BCUT2D eigenvalue weighted by molar-refractivity contribution is 0.475. The van der Waals surface area contributed by atoms with Crippen molar-refractivity contribution in [2.75, 3.05) is 0 Å². The lowest BCUT2D eigenvalue weighted by atomic mass is 10.2. The Morgan fingerprint density at radius 1 is 0.955 bits per heavy atom. The van der Waals surface area contributed by atoms with E-state index in [0.29, 0.717) is 0 Å². The first-order valence-corrected chi connectivity index (χ1v) is 7.22. The zero-order chi connectivity index (χ0) is 15.5. The molecular formula is C19H18N2O. The molecule has 0 amide bonds.